The van der Waals surface area contributed by atoms with Gasteiger partial charge >= 0.3 is 6.09 Å². The Bertz CT molecular complexity index is 524. The zero-order valence-corrected chi connectivity index (χ0v) is 12.3. The standard InChI is InChI=1S/C16H22N2O3/c1-11(13-3-2-12-6-9-21-15(12)10-13)18-7-4-14(5-8-18)17-16(19)20/h2-3,10-11,14,17H,4-9H2,1H3,(H,19,20). The fourth-order valence-corrected chi connectivity index (χ4v) is 3.26. The van der Waals surface area contributed by atoms with Crippen LogP contribution < -0.4 is 10.1 Å². The molecule has 114 valence electrons. The second-order valence-electron chi connectivity index (χ2n) is 5.90. The van der Waals surface area contributed by atoms with Gasteiger partial charge in [0.1, 0.15) is 5.75 Å². The Balaban J connectivity index is 1.61. The molecule has 1 amide bonds. The van der Waals surface area contributed by atoms with Crippen LogP contribution in [-0.4, -0.2) is 41.8 Å². The van der Waals surface area contributed by atoms with E-state index in [1.807, 2.05) is 0 Å². The summed E-state index contributed by atoms with van der Waals surface area (Å²) in [5.74, 6) is 1.03. The van der Waals surface area contributed by atoms with Gasteiger partial charge in [-0.05, 0) is 37.0 Å². The third-order valence-corrected chi connectivity index (χ3v) is 4.61. The minimum Gasteiger partial charge on any atom is -0.493 e. The molecule has 5 nitrogen and oxygen atoms in total. The number of hydrogen-bond acceptors (Lipinski definition) is 3. The SMILES string of the molecule is CC(c1ccc2c(c1)OCC2)N1CCC(NC(=O)O)CC1. The van der Waals surface area contributed by atoms with E-state index in [4.69, 9.17) is 9.84 Å². The topological polar surface area (TPSA) is 61.8 Å². The first-order valence-electron chi connectivity index (χ1n) is 7.62. The maximum absolute atomic E-state index is 10.7. The van der Waals surface area contributed by atoms with Gasteiger partial charge in [0.05, 0.1) is 6.61 Å². The van der Waals surface area contributed by atoms with E-state index in [0.29, 0.717) is 6.04 Å². The van der Waals surface area contributed by atoms with Gasteiger partial charge in [0.25, 0.3) is 0 Å². The van der Waals surface area contributed by atoms with Crippen molar-refractivity contribution in [3.8, 4) is 5.75 Å². The molecule has 1 atom stereocenters. The van der Waals surface area contributed by atoms with E-state index >= 15 is 0 Å². The smallest absolute Gasteiger partial charge is 0.404 e. The van der Waals surface area contributed by atoms with E-state index in [0.717, 1.165) is 44.7 Å². The molecule has 0 spiro atoms. The number of nitrogens with zero attached hydrogens (tertiary/aromatic N) is 1. The number of carbonyl (C=O) groups is 1. The second-order valence-corrected chi connectivity index (χ2v) is 5.90. The van der Waals surface area contributed by atoms with Gasteiger partial charge in [-0.25, -0.2) is 4.79 Å². The predicted octanol–water partition coefficient (Wildman–Crippen LogP) is 2.41. The van der Waals surface area contributed by atoms with Crippen molar-refractivity contribution in [3.63, 3.8) is 0 Å². The molecule has 1 saturated heterocycles. The fourth-order valence-electron chi connectivity index (χ4n) is 3.26. The molecule has 0 radical (unpaired) electrons. The Morgan fingerprint density at radius 3 is 2.90 bits per heavy atom. The molecule has 21 heavy (non-hydrogen) atoms. The highest BCUT2D eigenvalue weighted by Gasteiger charge is 2.25. The molecule has 2 heterocycles. The number of hydrogen-bond donors (Lipinski definition) is 2. The predicted molar refractivity (Wildman–Crippen MR) is 79.8 cm³/mol. The third-order valence-electron chi connectivity index (χ3n) is 4.61. The van der Waals surface area contributed by atoms with E-state index in [1.165, 1.54) is 11.1 Å². The molecule has 1 aromatic rings. The molecular formula is C16H22N2O3. The summed E-state index contributed by atoms with van der Waals surface area (Å²) >= 11 is 0. The molecule has 1 fully saturated rings. The first-order chi connectivity index (χ1) is 10.1. The minimum atomic E-state index is -0.919. The first-order valence-corrected chi connectivity index (χ1v) is 7.62. The Labute approximate surface area is 124 Å². The maximum atomic E-state index is 10.7. The van der Waals surface area contributed by atoms with Crippen LogP contribution >= 0.6 is 0 Å². The van der Waals surface area contributed by atoms with Crippen LogP contribution in [0.1, 0.15) is 36.9 Å². The lowest BCUT2D eigenvalue weighted by Crippen LogP contribution is -2.44. The van der Waals surface area contributed by atoms with Crippen molar-refractivity contribution in [2.24, 2.45) is 0 Å². The Hall–Kier alpha value is -1.75. The van der Waals surface area contributed by atoms with Gasteiger partial charge in [-0.1, -0.05) is 12.1 Å². The van der Waals surface area contributed by atoms with E-state index in [-0.39, 0.29) is 6.04 Å². The molecule has 2 aliphatic rings. The van der Waals surface area contributed by atoms with Crippen LogP contribution in [0.15, 0.2) is 18.2 Å². The van der Waals surface area contributed by atoms with Crippen LogP contribution in [-0.2, 0) is 6.42 Å². The lowest BCUT2D eigenvalue weighted by molar-refractivity contribution is 0.143. The number of piperidine rings is 1. The van der Waals surface area contributed by atoms with Crippen molar-refractivity contribution in [2.45, 2.75) is 38.3 Å². The summed E-state index contributed by atoms with van der Waals surface area (Å²) in [6, 6.07) is 6.96. The van der Waals surface area contributed by atoms with Crippen molar-refractivity contribution in [1.29, 1.82) is 0 Å². The first kappa shape index (κ1) is 14.2. The highest BCUT2D eigenvalue weighted by atomic mass is 16.5. The summed E-state index contributed by atoms with van der Waals surface area (Å²) < 4.78 is 5.64. The highest BCUT2D eigenvalue weighted by molar-refractivity contribution is 5.64. The van der Waals surface area contributed by atoms with Gasteiger partial charge in [-0.3, -0.25) is 4.90 Å². The van der Waals surface area contributed by atoms with Crippen LogP contribution in [0.4, 0.5) is 4.79 Å². The molecule has 0 saturated carbocycles. The average molecular weight is 290 g/mol. The summed E-state index contributed by atoms with van der Waals surface area (Å²) in [4.78, 5) is 13.1. The van der Waals surface area contributed by atoms with Gasteiger partial charge in [0, 0.05) is 31.6 Å². The van der Waals surface area contributed by atoms with Crippen LogP contribution in [0.3, 0.4) is 0 Å². The molecule has 1 unspecified atom stereocenters. The molecule has 0 bridgehead atoms. The molecule has 0 aliphatic carbocycles. The zero-order chi connectivity index (χ0) is 14.8. The largest absolute Gasteiger partial charge is 0.493 e. The third kappa shape index (κ3) is 3.13. The summed E-state index contributed by atoms with van der Waals surface area (Å²) in [6.45, 7) is 4.84. The number of nitrogens with one attached hydrogen (secondary N) is 1. The van der Waals surface area contributed by atoms with Crippen LogP contribution in [0.25, 0.3) is 0 Å². The number of likely N-dealkylation sites (tertiary alicyclic amines) is 1. The lowest BCUT2D eigenvalue weighted by atomic mass is 9.99. The van der Waals surface area contributed by atoms with Crippen molar-refractivity contribution < 1.29 is 14.6 Å². The summed E-state index contributed by atoms with van der Waals surface area (Å²) in [5.41, 5.74) is 2.58. The number of rotatable bonds is 3. The van der Waals surface area contributed by atoms with Crippen molar-refractivity contribution in [3.05, 3.63) is 29.3 Å². The number of ether oxygens (including phenoxy) is 1. The van der Waals surface area contributed by atoms with Crippen molar-refractivity contribution in [1.82, 2.24) is 10.2 Å². The zero-order valence-electron chi connectivity index (χ0n) is 12.3. The average Bonchev–Trinajstić information content (AvgIpc) is 2.94. The fraction of sp³-hybridized carbons (Fsp3) is 0.562. The van der Waals surface area contributed by atoms with Gasteiger partial charge in [-0.2, -0.15) is 0 Å². The number of benzene rings is 1. The van der Waals surface area contributed by atoms with Crippen LogP contribution in [0, 0.1) is 0 Å². The highest BCUT2D eigenvalue weighted by Crippen LogP contribution is 2.31. The molecule has 2 N–H and O–H groups in total. The number of amides is 1. The monoisotopic (exact) mass is 290 g/mol. The molecule has 1 aromatic carbocycles. The maximum Gasteiger partial charge on any atom is 0.404 e. The van der Waals surface area contributed by atoms with Crippen LogP contribution in [0.5, 0.6) is 5.75 Å². The Kier molecular flexibility index (Phi) is 4.01. The Morgan fingerprint density at radius 1 is 1.43 bits per heavy atom. The van der Waals surface area contributed by atoms with E-state index in [1.54, 1.807) is 0 Å². The summed E-state index contributed by atoms with van der Waals surface area (Å²) in [7, 11) is 0. The van der Waals surface area contributed by atoms with E-state index in [9.17, 15) is 4.79 Å². The van der Waals surface area contributed by atoms with Crippen molar-refractivity contribution in [2.75, 3.05) is 19.7 Å². The quantitative estimate of drug-likeness (QED) is 0.897. The van der Waals surface area contributed by atoms with E-state index in [2.05, 4.69) is 35.3 Å². The van der Waals surface area contributed by atoms with Gasteiger partial charge in [0.15, 0.2) is 0 Å². The summed E-state index contributed by atoms with van der Waals surface area (Å²) in [5, 5.41) is 11.4. The number of fused-ring (bicyclic) bond motifs is 1. The minimum absolute atomic E-state index is 0.0919. The molecule has 3 rings (SSSR count). The normalized spacial score (nSPS) is 20.6. The summed E-state index contributed by atoms with van der Waals surface area (Å²) in [6.07, 6.45) is 1.84. The van der Waals surface area contributed by atoms with Gasteiger partial charge in [0.2, 0.25) is 0 Å². The molecule has 5 heteroatoms. The van der Waals surface area contributed by atoms with Crippen LogP contribution in [0.2, 0.25) is 0 Å². The van der Waals surface area contributed by atoms with E-state index < -0.39 is 6.09 Å². The van der Waals surface area contributed by atoms with Gasteiger partial charge in [-0.15, -0.1) is 0 Å². The molecule has 2 aliphatic heterocycles. The Morgan fingerprint density at radius 2 is 2.19 bits per heavy atom. The lowest BCUT2D eigenvalue weighted by Gasteiger charge is -2.36. The molecule has 0 aromatic heterocycles. The molecular weight excluding hydrogens is 268 g/mol. The number of carboxylic acid groups (broad SMARTS) is 1. The van der Waals surface area contributed by atoms with Crippen molar-refractivity contribution >= 4 is 6.09 Å². The van der Waals surface area contributed by atoms with Gasteiger partial charge < -0.3 is 15.2 Å². The second kappa shape index (κ2) is 5.93.